The van der Waals surface area contributed by atoms with E-state index in [2.05, 4.69) is 15.5 Å². The molecule has 4 rings (SSSR count). The number of fused-ring (bicyclic) bond motifs is 1. The quantitative estimate of drug-likeness (QED) is 0.808. The van der Waals surface area contributed by atoms with Crippen molar-refractivity contribution in [2.24, 2.45) is 5.92 Å². The summed E-state index contributed by atoms with van der Waals surface area (Å²) in [6, 6.07) is 7.28. The van der Waals surface area contributed by atoms with Crippen molar-refractivity contribution in [3.63, 3.8) is 0 Å². The predicted octanol–water partition coefficient (Wildman–Crippen LogP) is 2.75. The van der Waals surface area contributed by atoms with E-state index < -0.39 is 11.6 Å². The first-order valence-electron chi connectivity index (χ1n) is 7.17. The SMILES string of the molecule is O=C(Nc1ccc2nncn2c1)C1CC1c1ccc(F)c(F)c1. The standard InChI is InChI=1S/C16H12F2N4O/c17-13-3-1-9(5-14(13)18)11-6-12(11)16(23)20-10-2-4-15-21-19-8-22(15)7-10/h1-5,7-8,11-12H,6H2,(H,20,23). The summed E-state index contributed by atoms with van der Waals surface area (Å²) >= 11 is 0. The number of nitrogens with one attached hydrogen (secondary N) is 1. The van der Waals surface area contributed by atoms with Gasteiger partial charge in [-0.1, -0.05) is 6.07 Å². The van der Waals surface area contributed by atoms with Crippen LogP contribution in [0.2, 0.25) is 0 Å². The second-order valence-corrected chi connectivity index (χ2v) is 5.63. The van der Waals surface area contributed by atoms with Crippen LogP contribution in [0.15, 0.2) is 42.9 Å². The minimum absolute atomic E-state index is 0.0660. The van der Waals surface area contributed by atoms with Crippen molar-refractivity contribution in [1.29, 1.82) is 0 Å². The molecule has 1 saturated carbocycles. The van der Waals surface area contributed by atoms with E-state index in [0.29, 0.717) is 23.3 Å². The van der Waals surface area contributed by atoms with Gasteiger partial charge in [0.15, 0.2) is 17.3 Å². The molecule has 1 fully saturated rings. The van der Waals surface area contributed by atoms with E-state index in [4.69, 9.17) is 0 Å². The Morgan fingerprint density at radius 1 is 1.22 bits per heavy atom. The van der Waals surface area contributed by atoms with Crippen LogP contribution < -0.4 is 5.32 Å². The Labute approximate surface area is 130 Å². The van der Waals surface area contributed by atoms with E-state index in [9.17, 15) is 13.6 Å². The van der Waals surface area contributed by atoms with Gasteiger partial charge in [-0.3, -0.25) is 9.20 Å². The fourth-order valence-corrected chi connectivity index (χ4v) is 2.73. The average molecular weight is 314 g/mol. The fourth-order valence-electron chi connectivity index (χ4n) is 2.73. The molecule has 1 aliphatic rings. The molecule has 2 aromatic heterocycles. The molecule has 0 spiro atoms. The highest BCUT2D eigenvalue weighted by atomic mass is 19.2. The molecule has 7 heteroatoms. The zero-order valence-corrected chi connectivity index (χ0v) is 11.9. The molecule has 3 aromatic rings. The van der Waals surface area contributed by atoms with E-state index in [0.717, 1.165) is 12.1 Å². The Morgan fingerprint density at radius 2 is 2.09 bits per heavy atom. The van der Waals surface area contributed by atoms with Gasteiger partial charge >= 0.3 is 0 Å². The Hall–Kier alpha value is -2.83. The van der Waals surface area contributed by atoms with E-state index in [-0.39, 0.29) is 17.7 Å². The third-order valence-electron chi connectivity index (χ3n) is 4.06. The molecule has 1 N–H and O–H groups in total. The number of halogens is 2. The number of amides is 1. The maximum atomic E-state index is 13.3. The van der Waals surface area contributed by atoms with Crippen LogP contribution in [0.1, 0.15) is 17.9 Å². The van der Waals surface area contributed by atoms with Gasteiger partial charge in [-0.05, 0) is 42.2 Å². The van der Waals surface area contributed by atoms with Gasteiger partial charge in [-0.25, -0.2) is 8.78 Å². The number of hydrogen-bond donors (Lipinski definition) is 1. The lowest BCUT2D eigenvalue weighted by Gasteiger charge is -2.06. The largest absolute Gasteiger partial charge is 0.325 e. The first kappa shape index (κ1) is 13.8. The number of rotatable bonds is 3. The lowest BCUT2D eigenvalue weighted by Crippen LogP contribution is -2.15. The molecule has 1 aliphatic carbocycles. The summed E-state index contributed by atoms with van der Waals surface area (Å²) in [5.74, 6) is -2.18. The number of benzene rings is 1. The van der Waals surface area contributed by atoms with Gasteiger partial charge in [0.25, 0.3) is 0 Å². The molecule has 23 heavy (non-hydrogen) atoms. The predicted molar refractivity (Wildman–Crippen MR) is 78.8 cm³/mol. The van der Waals surface area contributed by atoms with Gasteiger partial charge in [0.05, 0.1) is 5.69 Å². The minimum Gasteiger partial charge on any atom is -0.325 e. The monoisotopic (exact) mass is 314 g/mol. The van der Waals surface area contributed by atoms with Crippen LogP contribution in [-0.4, -0.2) is 20.5 Å². The van der Waals surface area contributed by atoms with Crippen LogP contribution in [-0.2, 0) is 4.79 Å². The van der Waals surface area contributed by atoms with Crippen LogP contribution in [0.5, 0.6) is 0 Å². The van der Waals surface area contributed by atoms with Gasteiger partial charge in [0.2, 0.25) is 5.91 Å². The van der Waals surface area contributed by atoms with Crippen LogP contribution in [0, 0.1) is 17.6 Å². The summed E-state index contributed by atoms with van der Waals surface area (Å²) in [6.45, 7) is 0. The second kappa shape index (κ2) is 5.12. The van der Waals surface area contributed by atoms with Crippen molar-refractivity contribution < 1.29 is 13.6 Å². The van der Waals surface area contributed by atoms with Gasteiger partial charge in [-0.2, -0.15) is 0 Å². The molecule has 116 valence electrons. The molecule has 0 radical (unpaired) electrons. The molecular formula is C16H12F2N4O. The zero-order chi connectivity index (χ0) is 16.0. The van der Waals surface area contributed by atoms with Crippen molar-refractivity contribution >= 4 is 17.2 Å². The maximum absolute atomic E-state index is 13.3. The topological polar surface area (TPSA) is 59.3 Å². The summed E-state index contributed by atoms with van der Waals surface area (Å²) in [6.07, 6.45) is 3.90. The number of carbonyl (C=O) groups excluding carboxylic acids is 1. The van der Waals surface area contributed by atoms with Crippen LogP contribution >= 0.6 is 0 Å². The number of pyridine rings is 1. The number of anilines is 1. The van der Waals surface area contributed by atoms with E-state index in [1.807, 2.05) is 0 Å². The number of nitrogens with zero attached hydrogens (tertiary/aromatic N) is 3. The van der Waals surface area contributed by atoms with Crippen molar-refractivity contribution in [3.8, 4) is 0 Å². The molecule has 1 amide bonds. The Balaban J connectivity index is 1.46. The third-order valence-corrected chi connectivity index (χ3v) is 4.06. The van der Waals surface area contributed by atoms with Gasteiger partial charge < -0.3 is 5.32 Å². The van der Waals surface area contributed by atoms with Gasteiger partial charge in [0.1, 0.15) is 6.33 Å². The number of aromatic nitrogens is 3. The summed E-state index contributed by atoms with van der Waals surface area (Å²) in [4.78, 5) is 12.3. The average Bonchev–Trinajstić information content (AvgIpc) is 3.21. The Kier molecular flexibility index (Phi) is 3.07. The lowest BCUT2D eigenvalue weighted by molar-refractivity contribution is -0.117. The summed E-state index contributed by atoms with van der Waals surface area (Å²) < 4.78 is 27.9. The van der Waals surface area contributed by atoms with Crippen molar-refractivity contribution in [2.45, 2.75) is 12.3 Å². The van der Waals surface area contributed by atoms with E-state index in [1.165, 1.54) is 6.07 Å². The first-order valence-corrected chi connectivity index (χ1v) is 7.17. The molecule has 2 heterocycles. The van der Waals surface area contributed by atoms with Crippen LogP contribution in [0.3, 0.4) is 0 Å². The molecule has 0 aliphatic heterocycles. The van der Waals surface area contributed by atoms with Crippen molar-refractivity contribution in [1.82, 2.24) is 14.6 Å². The molecule has 2 unspecified atom stereocenters. The molecular weight excluding hydrogens is 302 g/mol. The van der Waals surface area contributed by atoms with Crippen LogP contribution in [0.4, 0.5) is 14.5 Å². The van der Waals surface area contributed by atoms with Gasteiger partial charge in [0, 0.05) is 12.1 Å². The van der Waals surface area contributed by atoms with E-state index in [1.54, 1.807) is 29.1 Å². The summed E-state index contributed by atoms with van der Waals surface area (Å²) in [7, 11) is 0. The number of hydrogen-bond acceptors (Lipinski definition) is 3. The second-order valence-electron chi connectivity index (χ2n) is 5.63. The normalized spacial score (nSPS) is 19.7. The highest BCUT2D eigenvalue weighted by Crippen LogP contribution is 2.48. The highest BCUT2D eigenvalue weighted by Gasteiger charge is 2.44. The van der Waals surface area contributed by atoms with Crippen LogP contribution in [0.25, 0.3) is 5.65 Å². The minimum atomic E-state index is -0.883. The smallest absolute Gasteiger partial charge is 0.228 e. The summed E-state index contributed by atoms with van der Waals surface area (Å²) in [5, 5.41) is 10.5. The third kappa shape index (κ3) is 2.54. The summed E-state index contributed by atoms with van der Waals surface area (Å²) in [5.41, 5.74) is 1.98. The highest BCUT2D eigenvalue weighted by molar-refractivity contribution is 5.95. The first-order chi connectivity index (χ1) is 11.1. The number of carbonyl (C=O) groups is 1. The molecule has 5 nitrogen and oxygen atoms in total. The molecule has 2 atom stereocenters. The zero-order valence-electron chi connectivity index (χ0n) is 11.9. The molecule has 0 bridgehead atoms. The van der Waals surface area contributed by atoms with Crippen molar-refractivity contribution in [3.05, 3.63) is 60.1 Å². The molecule has 0 saturated heterocycles. The Morgan fingerprint density at radius 3 is 2.91 bits per heavy atom. The fraction of sp³-hybridized carbons (Fsp3) is 0.188. The maximum Gasteiger partial charge on any atom is 0.228 e. The van der Waals surface area contributed by atoms with E-state index >= 15 is 0 Å². The lowest BCUT2D eigenvalue weighted by atomic mass is 10.1. The van der Waals surface area contributed by atoms with Crippen molar-refractivity contribution in [2.75, 3.05) is 5.32 Å². The Bertz CT molecular complexity index is 908. The van der Waals surface area contributed by atoms with Gasteiger partial charge in [-0.15, -0.1) is 10.2 Å². The molecule has 1 aromatic carbocycles.